The zero-order valence-corrected chi connectivity index (χ0v) is 8.77. The van der Waals surface area contributed by atoms with Crippen LogP contribution >= 0.6 is 0 Å². The van der Waals surface area contributed by atoms with Crippen LogP contribution < -0.4 is 0 Å². The van der Waals surface area contributed by atoms with Gasteiger partial charge in [-0.3, -0.25) is 4.68 Å². The van der Waals surface area contributed by atoms with Crippen LogP contribution in [0.3, 0.4) is 0 Å². The quantitative estimate of drug-likeness (QED) is 0.717. The molecule has 0 aliphatic carbocycles. The van der Waals surface area contributed by atoms with Crippen LogP contribution in [0.4, 0.5) is 0 Å². The Hall–Kier alpha value is -0.870. The maximum atomic E-state index is 9.25. The third-order valence-corrected chi connectivity index (χ3v) is 2.75. The SMILES string of the molecule is CCC(CO)(CO)Cc1ccn(C)n1. The molecule has 1 heterocycles. The third kappa shape index (κ3) is 2.33. The van der Waals surface area contributed by atoms with Crippen molar-refractivity contribution < 1.29 is 10.2 Å². The van der Waals surface area contributed by atoms with E-state index in [1.54, 1.807) is 4.68 Å². The van der Waals surface area contributed by atoms with Gasteiger partial charge in [0.05, 0.1) is 18.9 Å². The summed E-state index contributed by atoms with van der Waals surface area (Å²) in [4.78, 5) is 0. The number of aryl methyl sites for hydroxylation is 1. The van der Waals surface area contributed by atoms with Gasteiger partial charge in [-0.25, -0.2) is 0 Å². The smallest absolute Gasteiger partial charge is 0.0631 e. The molecular weight excluding hydrogens is 180 g/mol. The van der Waals surface area contributed by atoms with E-state index in [-0.39, 0.29) is 13.2 Å². The van der Waals surface area contributed by atoms with Gasteiger partial charge in [-0.2, -0.15) is 5.10 Å². The van der Waals surface area contributed by atoms with E-state index in [0.717, 1.165) is 12.1 Å². The van der Waals surface area contributed by atoms with Gasteiger partial charge in [0.2, 0.25) is 0 Å². The number of aliphatic hydroxyl groups excluding tert-OH is 2. The Balaban J connectivity index is 2.73. The number of hydrogen-bond acceptors (Lipinski definition) is 3. The lowest BCUT2D eigenvalue weighted by atomic mass is 9.82. The van der Waals surface area contributed by atoms with Crippen LogP contribution in [0.2, 0.25) is 0 Å². The predicted molar refractivity (Wildman–Crippen MR) is 53.8 cm³/mol. The Bertz CT molecular complexity index is 271. The molecule has 0 saturated heterocycles. The summed E-state index contributed by atoms with van der Waals surface area (Å²) in [6.45, 7) is 1.96. The molecule has 4 heteroatoms. The number of nitrogens with zero attached hydrogens (tertiary/aromatic N) is 2. The van der Waals surface area contributed by atoms with E-state index in [1.807, 2.05) is 26.2 Å². The zero-order chi connectivity index (χ0) is 10.6. The van der Waals surface area contributed by atoms with Crippen molar-refractivity contribution in [2.75, 3.05) is 13.2 Å². The Morgan fingerprint density at radius 2 is 2.07 bits per heavy atom. The molecule has 1 aromatic heterocycles. The van der Waals surface area contributed by atoms with E-state index in [0.29, 0.717) is 6.42 Å². The standard InChI is InChI=1S/C10H18N2O2/c1-3-10(7-13,8-14)6-9-4-5-12(2)11-9/h4-5,13-14H,3,6-8H2,1-2H3. The van der Waals surface area contributed by atoms with Crippen LogP contribution in [-0.4, -0.2) is 33.2 Å². The molecular formula is C10H18N2O2. The highest BCUT2D eigenvalue weighted by atomic mass is 16.3. The molecule has 14 heavy (non-hydrogen) atoms. The molecule has 0 aromatic carbocycles. The van der Waals surface area contributed by atoms with E-state index >= 15 is 0 Å². The second kappa shape index (κ2) is 4.57. The van der Waals surface area contributed by atoms with E-state index in [4.69, 9.17) is 0 Å². The summed E-state index contributed by atoms with van der Waals surface area (Å²) in [5.74, 6) is 0. The summed E-state index contributed by atoms with van der Waals surface area (Å²) in [7, 11) is 1.86. The van der Waals surface area contributed by atoms with Crippen molar-refractivity contribution in [2.24, 2.45) is 12.5 Å². The lowest BCUT2D eigenvalue weighted by Gasteiger charge is -2.27. The first kappa shape index (κ1) is 11.2. The molecule has 80 valence electrons. The highest BCUT2D eigenvalue weighted by Crippen LogP contribution is 2.25. The average Bonchev–Trinajstić information content (AvgIpc) is 2.61. The van der Waals surface area contributed by atoms with Crippen molar-refractivity contribution >= 4 is 0 Å². The first-order valence-corrected chi connectivity index (χ1v) is 4.86. The number of hydrogen-bond donors (Lipinski definition) is 2. The highest BCUT2D eigenvalue weighted by Gasteiger charge is 2.27. The van der Waals surface area contributed by atoms with Crippen molar-refractivity contribution in [1.82, 2.24) is 9.78 Å². The second-order valence-electron chi connectivity index (χ2n) is 3.83. The number of aliphatic hydroxyl groups is 2. The fraction of sp³-hybridized carbons (Fsp3) is 0.700. The minimum Gasteiger partial charge on any atom is -0.396 e. The summed E-state index contributed by atoms with van der Waals surface area (Å²) in [6, 6.07) is 1.91. The molecule has 4 nitrogen and oxygen atoms in total. The molecule has 0 fully saturated rings. The van der Waals surface area contributed by atoms with Gasteiger partial charge in [0, 0.05) is 25.1 Å². The lowest BCUT2D eigenvalue weighted by molar-refractivity contribution is 0.0505. The summed E-state index contributed by atoms with van der Waals surface area (Å²) in [6.07, 6.45) is 3.23. The maximum Gasteiger partial charge on any atom is 0.0631 e. The summed E-state index contributed by atoms with van der Waals surface area (Å²) >= 11 is 0. The van der Waals surface area contributed by atoms with Crippen LogP contribution in [0.25, 0.3) is 0 Å². The monoisotopic (exact) mass is 198 g/mol. The molecule has 1 rings (SSSR count). The van der Waals surface area contributed by atoms with Gasteiger partial charge in [0.25, 0.3) is 0 Å². The minimum absolute atomic E-state index is 0.00340. The molecule has 0 radical (unpaired) electrons. The van der Waals surface area contributed by atoms with Gasteiger partial charge in [-0.05, 0) is 12.5 Å². The average molecular weight is 198 g/mol. The predicted octanol–water partition coefficient (Wildman–Crippen LogP) is 0.344. The molecule has 0 bridgehead atoms. The van der Waals surface area contributed by atoms with Gasteiger partial charge >= 0.3 is 0 Å². The molecule has 0 saturated carbocycles. The van der Waals surface area contributed by atoms with Crippen LogP contribution in [0.1, 0.15) is 19.0 Å². The lowest BCUT2D eigenvalue weighted by Crippen LogP contribution is -2.31. The Kier molecular flexibility index (Phi) is 3.66. The van der Waals surface area contributed by atoms with E-state index in [2.05, 4.69) is 5.10 Å². The highest BCUT2D eigenvalue weighted by molar-refractivity contribution is 5.03. The molecule has 2 N–H and O–H groups in total. The van der Waals surface area contributed by atoms with Crippen molar-refractivity contribution in [3.05, 3.63) is 18.0 Å². The van der Waals surface area contributed by atoms with Crippen LogP contribution in [0.15, 0.2) is 12.3 Å². The van der Waals surface area contributed by atoms with Gasteiger partial charge in [-0.1, -0.05) is 6.92 Å². The first-order valence-electron chi connectivity index (χ1n) is 4.86. The van der Waals surface area contributed by atoms with Crippen LogP contribution in [-0.2, 0) is 13.5 Å². The van der Waals surface area contributed by atoms with E-state index in [1.165, 1.54) is 0 Å². The Morgan fingerprint density at radius 1 is 1.43 bits per heavy atom. The topological polar surface area (TPSA) is 58.3 Å². The first-order chi connectivity index (χ1) is 6.65. The van der Waals surface area contributed by atoms with Crippen LogP contribution in [0, 0.1) is 5.41 Å². The van der Waals surface area contributed by atoms with Gasteiger partial charge in [0.1, 0.15) is 0 Å². The van der Waals surface area contributed by atoms with Gasteiger partial charge in [-0.15, -0.1) is 0 Å². The fourth-order valence-corrected chi connectivity index (χ4v) is 1.45. The summed E-state index contributed by atoms with van der Waals surface area (Å²) < 4.78 is 1.73. The number of rotatable bonds is 5. The minimum atomic E-state index is -0.422. The van der Waals surface area contributed by atoms with E-state index in [9.17, 15) is 10.2 Å². The van der Waals surface area contributed by atoms with Crippen molar-refractivity contribution in [1.29, 1.82) is 0 Å². The van der Waals surface area contributed by atoms with E-state index < -0.39 is 5.41 Å². The molecule has 1 aromatic rings. The largest absolute Gasteiger partial charge is 0.396 e. The second-order valence-corrected chi connectivity index (χ2v) is 3.83. The van der Waals surface area contributed by atoms with Crippen molar-refractivity contribution in [2.45, 2.75) is 19.8 Å². The molecule has 0 atom stereocenters. The van der Waals surface area contributed by atoms with Gasteiger partial charge in [0.15, 0.2) is 0 Å². The molecule has 0 aliphatic rings. The number of aromatic nitrogens is 2. The van der Waals surface area contributed by atoms with Crippen molar-refractivity contribution in [3.8, 4) is 0 Å². The Morgan fingerprint density at radius 3 is 2.43 bits per heavy atom. The van der Waals surface area contributed by atoms with Crippen molar-refractivity contribution in [3.63, 3.8) is 0 Å². The zero-order valence-electron chi connectivity index (χ0n) is 8.77. The summed E-state index contributed by atoms with van der Waals surface area (Å²) in [5, 5.41) is 22.7. The summed E-state index contributed by atoms with van der Waals surface area (Å²) in [5.41, 5.74) is 0.492. The Labute approximate surface area is 84.2 Å². The van der Waals surface area contributed by atoms with Crippen LogP contribution in [0.5, 0.6) is 0 Å². The molecule has 0 amide bonds. The maximum absolute atomic E-state index is 9.25. The third-order valence-electron chi connectivity index (χ3n) is 2.75. The molecule has 0 aliphatic heterocycles. The molecule has 0 spiro atoms. The normalized spacial score (nSPS) is 12.0. The molecule has 0 unspecified atom stereocenters. The fourth-order valence-electron chi connectivity index (χ4n) is 1.45. The van der Waals surface area contributed by atoms with Gasteiger partial charge < -0.3 is 10.2 Å².